The fraction of sp³-hybridized carbons (Fsp3) is 0.308. The molecule has 0 aliphatic heterocycles. The number of nitrogens with zero attached hydrogens (tertiary/aromatic N) is 1. The number of esters is 2. The van der Waals surface area contributed by atoms with Crippen LogP contribution in [-0.4, -0.2) is 33.5 Å². The van der Waals surface area contributed by atoms with Gasteiger partial charge in [0, 0.05) is 0 Å². The van der Waals surface area contributed by atoms with E-state index >= 15 is 0 Å². The first kappa shape index (κ1) is 15.2. The summed E-state index contributed by atoms with van der Waals surface area (Å²) in [5.74, 6) is -0.820. The van der Waals surface area contributed by atoms with Crippen molar-refractivity contribution in [2.75, 3.05) is 6.61 Å². The van der Waals surface area contributed by atoms with Crippen LogP contribution in [0.3, 0.4) is 0 Å². The summed E-state index contributed by atoms with van der Waals surface area (Å²) < 4.78 is 10.00. The fourth-order valence-corrected chi connectivity index (χ4v) is 2.04. The van der Waals surface area contributed by atoms with Crippen molar-refractivity contribution < 1.29 is 19.1 Å². The van der Waals surface area contributed by atoms with E-state index in [1.165, 1.54) is 13.0 Å². The van der Waals surface area contributed by atoms with Crippen LogP contribution in [0.25, 0.3) is 0 Å². The van der Waals surface area contributed by atoms with Crippen molar-refractivity contribution in [3.05, 3.63) is 29.8 Å². The van der Waals surface area contributed by atoms with Crippen molar-refractivity contribution >= 4 is 26.9 Å². The van der Waals surface area contributed by atoms with Crippen LogP contribution < -0.4 is 4.74 Å². The molecule has 0 unspecified atom stereocenters. The molecule has 0 heterocycles. The third-order valence-corrected chi connectivity index (χ3v) is 3.35. The zero-order valence-corrected chi connectivity index (χ0v) is 12.1. The van der Waals surface area contributed by atoms with E-state index < -0.39 is 11.9 Å². The quantitative estimate of drug-likeness (QED) is 0.345. The molecule has 1 aromatic carbocycles. The number of carbonyl (C=O) groups excluding carboxylic acids is 2. The maximum atomic E-state index is 11.8. The van der Waals surface area contributed by atoms with Crippen LogP contribution in [0.4, 0.5) is 0 Å². The summed E-state index contributed by atoms with van der Waals surface area (Å²) in [4.78, 5) is 24.8. The summed E-state index contributed by atoms with van der Waals surface area (Å²) >= 11 is -0.0535. The molecule has 0 bridgehead atoms. The predicted octanol–water partition coefficient (Wildman–Crippen LogP) is 1.76. The number of nitriles is 1. The van der Waals surface area contributed by atoms with Gasteiger partial charge < -0.3 is 0 Å². The van der Waals surface area contributed by atoms with Crippen LogP contribution in [0.5, 0.6) is 5.75 Å². The van der Waals surface area contributed by atoms with Crippen LogP contribution in [0.1, 0.15) is 23.7 Å². The number of hydrogen-bond donors (Lipinski definition) is 0. The van der Waals surface area contributed by atoms with Gasteiger partial charge in [0.2, 0.25) is 0 Å². The minimum atomic E-state index is -0.527. The van der Waals surface area contributed by atoms with Crippen LogP contribution in [0, 0.1) is 10.2 Å². The molecule has 6 heteroatoms. The van der Waals surface area contributed by atoms with E-state index in [-0.39, 0.29) is 32.9 Å². The van der Waals surface area contributed by atoms with E-state index in [2.05, 4.69) is 4.97 Å². The summed E-state index contributed by atoms with van der Waals surface area (Å²) in [5, 5.41) is 9.15. The van der Waals surface area contributed by atoms with Crippen LogP contribution in [0.15, 0.2) is 24.3 Å². The molecule has 0 N–H and O–H groups in total. The normalized spacial score (nSPS) is 9.47. The molecule has 100 valence electrons. The Bertz CT molecular complexity index is 496. The molecule has 0 spiro atoms. The fourth-order valence-electron chi connectivity index (χ4n) is 1.30. The first-order valence-electron chi connectivity index (χ1n) is 5.60. The van der Waals surface area contributed by atoms with Gasteiger partial charge in [-0.2, -0.15) is 0 Å². The standard InChI is InChI=1S/C13H13NO4Se/c1-10(15)18-12-6-3-2-5-11(12)13(16)17-7-4-8-19-9-14/h2-3,5-6H,4,7-8H2,1H3. The SMILES string of the molecule is CC(=O)Oc1ccccc1C(=O)OCCC[Se]C#N. The Morgan fingerprint density at radius 1 is 1.37 bits per heavy atom. The third kappa shape index (κ3) is 5.56. The van der Waals surface area contributed by atoms with E-state index in [1.807, 2.05) is 0 Å². The van der Waals surface area contributed by atoms with Gasteiger partial charge in [0.05, 0.1) is 0 Å². The second kappa shape index (κ2) is 8.30. The minimum absolute atomic E-state index is 0.0535. The maximum absolute atomic E-state index is 11.8. The second-order valence-electron chi connectivity index (χ2n) is 3.52. The molecule has 0 saturated heterocycles. The van der Waals surface area contributed by atoms with Crippen LogP contribution >= 0.6 is 0 Å². The number of ether oxygens (including phenoxy) is 2. The summed E-state index contributed by atoms with van der Waals surface area (Å²) in [6, 6.07) is 6.42. The molecular formula is C13H13NO4Se. The Kier molecular flexibility index (Phi) is 6.65. The number of para-hydroxylation sites is 1. The van der Waals surface area contributed by atoms with Gasteiger partial charge in [-0.05, 0) is 0 Å². The second-order valence-corrected chi connectivity index (χ2v) is 5.36. The van der Waals surface area contributed by atoms with Crippen LogP contribution in [-0.2, 0) is 9.53 Å². The number of rotatable bonds is 6. The van der Waals surface area contributed by atoms with Gasteiger partial charge in [-0.3, -0.25) is 0 Å². The van der Waals surface area contributed by atoms with Gasteiger partial charge in [0.15, 0.2) is 0 Å². The Morgan fingerprint density at radius 3 is 2.79 bits per heavy atom. The monoisotopic (exact) mass is 327 g/mol. The predicted molar refractivity (Wildman–Crippen MR) is 68.8 cm³/mol. The molecule has 0 aliphatic rings. The molecule has 0 saturated carbocycles. The van der Waals surface area contributed by atoms with Gasteiger partial charge in [-0.1, -0.05) is 0 Å². The number of hydrogen-bond acceptors (Lipinski definition) is 5. The number of benzene rings is 1. The van der Waals surface area contributed by atoms with Gasteiger partial charge in [-0.15, -0.1) is 0 Å². The van der Waals surface area contributed by atoms with E-state index in [9.17, 15) is 9.59 Å². The third-order valence-electron chi connectivity index (χ3n) is 2.05. The molecule has 0 atom stereocenters. The molecule has 0 amide bonds. The Morgan fingerprint density at radius 2 is 2.11 bits per heavy atom. The van der Waals surface area contributed by atoms with Crippen molar-refractivity contribution in [3.8, 4) is 10.7 Å². The summed E-state index contributed by atoms with van der Waals surface area (Å²) in [6.07, 6.45) is 0.662. The molecule has 19 heavy (non-hydrogen) atoms. The molecule has 1 aromatic rings. The van der Waals surface area contributed by atoms with Crippen molar-refractivity contribution in [1.29, 1.82) is 5.26 Å². The average Bonchev–Trinajstić information content (AvgIpc) is 2.38. The number of carbonyl (C=O) groups is 2. The van der Waals surface area contributed by atoms with Crippen molar-refractivity contribution in [1.82, 2.24) is 0 Å². The van der Waals surface area contributed by atoms with E-state index in [0.717, 1.165) is 5.32 Å². The van der Waals surface area contributed by atoms with Crippen molar-refractivity contribution in [2.45, 2.75) is 18.7 Å². The molecule has 5 nitrogen and oxygen atoms in total. The zero-order valence-electron chi connectivity index (χ0n) is 10.4. The van der Waals surface area contributed by atoms with Crippen LogP contribution in [0.2, 0.25) is 5.32 Å². The molecular weight excluding hydrogens is 313 g/mol. The topological polar surface area (TPSA) is 76.4 Å². The van der Waals surface area contributed by atoms with Gasteiger partial charge in [0.1, 0.15) is 0 Å². The van der Waals surface area contributed by atoms with E-state index in [1.54, 1.807) is 18.2 Å². The Hall–Kier alpha value is -1.83. The van der Waals surface area contributed by atoms with Crippen molar-refractivity contribution in [3.63, 3.8) is 0 Å². The molecule has 0 fully saturated rings. The summed E-state index contributed by atoms with van der Waals surface area (Å²) in [6.45, 7) is 1.53. The molecule has 0 aromatic heterocycles. The summed E-state index contributed by atoms with van der Waals surface area (Å²) in [7, 11) is 0. The first-order valence-corrected chi connectivity index (χ1v) is 7.67. The summed E-state index contributed by atoms with van der Waals surface area (Å²) in [5.41, 5.74) is 0.225. The van der Waals surface area contributed by atoms with Gasteiger partial charge >= 0.3 is 117 Å². The Labute approximate surface area is 117 Å². The molecule has 0 aliphatic carbocycles. The Balaban J connectivity index is 2.56. The van der Waals surface area contributed by atoms with E-state index in [4.69, 9.17) is 14.7 Å². The molecule has 0 radical (unpaired) electrons. The zero-order chi connectivity index (χ0) is 14.1. The van der Waals surface area contributed by atoms with Crippen molar-refractivity contribution in [2.24, 2.45) is 0 Å². The first-order chi connectivity index (χ1) is 9.15. The van der Waals surface area contributed by atoms with Gasteiger partial charge in [0.25, 0.3) is 0 Å². The van der Waals surface area contributed by atoms with E-state index in [0.29, 0.717) is 6.42 Å². The van der Waals surface area contributed by atoms with Gasteiger partial charge in [-0.25, -0.2) is 0 Å². The molecule has 1 rings (SSSR count). The average molecular weight is 326 g/mol.